The summed E-state index contributed by atoms with van der Waals surface area (Å²) < 4.78 is 10.7. The van der Waals surface area contributed by atoms with Crippen LogP contribution in [0.2, 0.25) is 0 Å². The Morgan fingerprint density at radius 1 is 1.21 bits per heavy atom. The highest BCUT2D eigenvalue weighted by atomic mass is 16.5. The van der Waals surface area contributed by atoms with E-state index in [0.29, 0.717) is 12.5 Å². The van der Waals surface area contributed by atoms with E-state index >= 15 is 0 Å². The van der Waals surface area contributed by atoms with Crippen molar-refractivity contribution in [1.82, 2.24) is 10.3 Å². The summed E-state index contributed by atoms with van der Waals surface area (Å²) in [6.45, 7) is 2.27. The van der Waals surface area contributed by atoms with Crippen LogP contribution >= 0.6 is 0 Å². The zero-order valence-corrected chi connectivity index (χ0v) is 16.0. The number of nitrogens with zero attached hydrogens (tertiary/aromatic N) is 2. The molecule has 0 radical (unpaired) electrons. The fourth-order valence-corrected chi connectivity index (χ4v) is 3.21. The number of nitrogens with two attached hydrogens (primary N) is 1. The number of hydrogen-bond acceptors (Lipinski definition) is 6. The summed E-state index contributed by atoms with van der Waals surface area (Å²) in [7, 11) is 3.26. The first-order valence-corrected chi connectivity index (χ1v) is 9.02. The summed E-state index contributed by atoms with van der Waals surface area (Å²) in [6.07, 6.45) is 2.28. The van der Waals surface area contributed by atoms with Crippen molar-refractivity contribution in [2.75, 3.05) is 38.8 Å². The quantitative estimate of drug-likeness (QED) is 0.748. The highest BCUT2D eigenvalue weighted by molar-refractivity contribution is 5.95. The second-order valence-corrected chi connectivity index (χ2v) is 6.68. The van der Waals surface area contributed by atoms with E-state index in [1.54, 1.807) is 14.2 Å². The number of rotatable bonds is 7. The zero-order valence-electron chi connectivity index (χ0n) is 16.0. The number of carbonyl (C=O) groups excluding carboxylic acids is 2. The summed E-state index contributed by atoms with van der Waals surface area (Å²) in [5, 5.41) is 2.91. The lowest BCUT2D eigenvalue weighted by molar-refractivity contribution is 0.0940. The minimum absolute atomic E-state index is 0.261. The topological polar surface area (TPSA) is 107 Å². The zero-order chi connectivity index (χ0) is 20.1. The minimum Gasteiger partial charge on any atom is -0.497 e. The molecule has 2 heterocycles. The molecule has 3 N–H and O–H groups in total. The Kier molecular flexibility index (Phi) is 5.98. The molecular weight excluding hydrogens is 360 g/mol. The number of amides is 2. The van der Waals surface area contributed by atoms with Gasteiger partial charge in [-0.05, 0) is 24.5 Å². The number of benzene rings is 1. The smallest absolute Gasteiger partial charge is 0.269 e. The third kappa shape index (κ3) is 4.51. The molecule has 8 heteroatoms. The van der Waals surface area contributed by atoms with Crippen LogP contribution in [0.25, 0.3) is 0 Å². The van der Waals surface area contributed by atoms with Crippen LogP contribution in [-0.2, 0) is 0 Å². The summed E-state index contributed by atoms with van der Waals surface area (Å²) in [5.41, 5.74) is 6.75. The Morgan fingerprint density at radius 2 is 1.93 bits per heavy atom. The van der Waals surface area contributed by atoms with Gasteiger partial charge in [0.05, 0.1) is 19.8 Å². The first-order valence-electron chi connectivity index (χ1n) is 9.02. The van der Waals surface area contributed by atoms with Gasteiger partial charge in [0, 0.05) is 49.7 Å². The molecule has 0 aliphatic carbocycles. The highest BCUT2D eigenvalue weighted by Crippen LogP contribution is 2.31. The number of nitrogens with one attached hydrogen (secondary N) is 1. The van der Waals surface area contributed by atoms with Crippen LogP contribution in [0.15, 0.2) is 36.5 Å². The highest BCUT2D eigenvalue weighted by Gasteiger charge is 2.24. The van der Waals surface area contributed by atoms with E-state index in [1.807, 2.05) is 18.2 Å². The van der Waals surface area contributed by atoms with Crippen LogP contribution in [0.4, 0.5) is 5.69 Å². The lowest BCUT2D eigenvalue weighted by Gasteiger charge is -2.20. The van der Waals surface area contributed by atoms with Gasteiger partial charge in [-0.1, -0.05) is 0 Å². The predicted octanol–water partition coefficient (Wildman–Crippen LogP) is 1.45. The number of hydrogen-bond donors (Lipinski definition) is 2. The van der Waals surface area contributed by atoms with Gasteiger partial charge in [0.1, 0.15) is 17.2 Å². The van der Waals surface area contributed by atoms with Gasteiger partial charge in [-0.25, -0.2) is 0 Å². The number of aromatic nitrogens is 1. The van der Waals surface area contributed by atoms with Gasteiger partial charge < -0.3 is 25.4 Å². The van der Waals surface area contributed by atoms with Crippen molar-refractivity contribution in [3.05, 3.63) is 47.8 Å². The van der Waals surface area contributed by atoms with Crippen LogP contribution in [0, 0.1) is 5.92 Å². The van der Waals surface area contributed by atoms with E-state index < -0.39 is 5.91 Å². The van der Waals surface area contributed by atoms with Crippen molar-refractivity contribution < 1.29 is 19.1 Å². The van der Waals surface area contributed by atoms with Gasteiger partial charge >= 0.3 is 0 Å². The average molecular weight is 384 g/mol. The second-order valence-electron chi connectivity index (χ2n) is 6.68. The Hall–Kier alpha value is -3.29. The number of ether oxygens (including phenoxy) is 2. The van der Waals surface area contributed by atoms with Crippen molar-refractivity contribution in [2.24, 2.45) is 11.7 Å². The molecule has 148 valence electrons. The van der Waals surface area contributed by atoms with Crippen LogP contribution in [0.1, 0.15) is 27.3 Å². The van der Waals surface area contributed by atoms with Crippen molar-refractivity contribution in [3.8, 4) is 11.5 Å². The molecule has 0 spiro atoms. The maximum absolute atomic E-state index is 12.3. The molecular formula is C20H24N4O4. The molecule has 1 unspecified atom stereocenters. The van der Waals surface area contributed by atoms with Crippen molar-refractivity contribution >= 4 is 17.5 Å². The number of methoxy groups -OCH3 is 2. The van der Waals surface area contributed by atoms with Crippen molar-refractivity contribution in [2.45, 2.75) is 6.42 Å². The fraction of sp³-hybridized carbons (Fsp3) is 0.350. The first-order chi connectivity index (χ1) is 13.5. The molecule has 1 fully saturated rings. The minimum atomic E-state index is -0.570. The third-order valence-corrected chi connectivity index (χ3v) is 4.82. The molecule has 3 rings (SSSR count). The molecule has 0 saturated carbocycles. The molecule has 1 aliphatic heterocycles. The van der Waals surface area contributed by atoms with Crippen LogP contribution in [-0.4, -0.2) is 50.7 Å². The SMILES string of the molecule is COc1cc(OC)cc(N2CCC(CNC(=O)c3ccc(C(N)=O)cn3)C2)c1. The number of primary amides is 1. The Morgan fingerprint density at radius 3 is 2.50 bits per heavy atom. The van der Waals surface area contributed by atoms with Crippen molar-refractivity contribution in [3.63, 3.8) is 0 Å². The summed E-state index contributed by atoms with van der Waals surface area (Å²) in [5.74, 6) is 0.983. The standard InChI is InChI=1S/C20H24N4O4/c1-27-16-7-15(8-17(9-16)28-2)24-6-5-13(12-24)10-23-20(26)18-4-3-14(11-22-18)19(21)25/h3-4,7-9,11,13H,5-6,10,12H2,1-2H3,(H2,21,25)(H,23,26). The number of carbonyl (C=O) groups is 2. The predicted molar refractivity (Wildman–Crippen MR) is 105 cm³/mol. The van der Waals surface area contributed by atoms with Crippen LogP contribution < -0.4 is 25.4 Å². The van der Waals surface area contributed by atoms with Crippen molar-refractivity contribution in [1.29, 1.82) is 0 Å². The van der Waals surface area contributed by atoms with Crippen LogP contribution in [0.3, 0.4) is 0 Å². The maximum atomic E-state index is 12.3. The van der Waals surface area contributed by atoms with E-state index in [9.17, 15) is 9.59 Å². The van der Waals surface area contributed by atoms with Gasteiger partial charge in [-0.15, -0.1) is 0 Å². The van der Waals surface area contributed by atoms with Gasteiger partial charge in [-0.2, -0.15) is 0 Å². The molecule has 8 nitrogen and oxygen atoms in total. The Labute approximate surface area is 163 Å². The number of pyridine rings is 1. The van der Waals surface area contributed by atoms with E-state index in [1.165, 1.54) is 18.3 Å². The first kappa shape index (κ1) is 19.5. The second kappa shape index (κ2) is 8.60. The summed E-state index contributed by atoms with van der Waals surface area (Å²) >= 11 is 0. The molecule has 0 bridgehead atoms. The molecule has 2 amide bonds. The summed E-state index contributed by atoms with van der Waals surface area (Å²) in [4.78, 5) is 29.6. The third-order valence-electron chi connectivity index (χ3n) is 4.82. The molecule has 1 aromatic heterocycles. The van der Waals surface area contributed by atoms with E-state index in [0.717, 1.165) is 36.7 Å². The number of anilines is 1. The van der Waals surface area contributed by atoms with Gasteiger partial charge in [0.15, 0.2) is 0 Å². The Balaban J connectivity index is 1.56. The van der Waals surface area contributed by atoms with E-state index in [4.69, 9.17) is 15.2 Å². The van der Waals surface area contributed by atoms with Gasteiger partial charge in [-0.3, -0.25) is 14.6 Å². The van der Waals surface area contributed by atoms with E-state index in [2.05, 4.69) is 15.2 Å². The monoisotopic (exact) mass is 384 g/mol. The normalized spacial score (nSPS) is 15.9. The molecule has 1 aliphatic rings. The lowest BCUT2D eigenvalue weighted by Crippen LogP contribution is -2.31. The average Bonchev–Trinajstić information content (AvgIpc) is 3.20. The molecule has 1 aromatic carbocycles. The molecule has 28 heavy (non-hydrogen) atoms. The Bertz CT molecular complexity index is 832. The molecule has 2 aromatic rings. The molecule has 1 saturated heterocycles. The largest absolute Gasteiger partial charge is 0.497 e. The van der Waals surface area contributed by atoms with Gasteiger partial charge in [0.2, 0.25) is 5.91 Å². The molecule has 1 atom stereocenters. The van der Waals surface area contributed by atoms with Crippen LogP contribution in [0.5, 0.6) is 11.5 Å². The fourth-order valence-electron chi connectivity index (χ4n) is 3.21. The maximum Gasteiger partial charge on any atom is 0.269 e. The van der Waals surface area contributed by atoms with E-state index in [-0.39, 0.29) is 17.2 Å². The summed E-state index contributed by atoms with van der Waals surface area (Å²) in [6, 6.07) is 8.80. The lowest BCUT2D eigenvalue weighted by atomic mass is 10.1. The van der Waals surface area contributed by atoms with Gasteiger partial charge in [0.25, 0.3) is 5.91 Å².